The topological polar surface area (TPSA) is 70.9 Å². The van der Waals surface area contributed by atoms with E-state index in [-0.39, 0.29) is 0 Å². The Bertz CT molecular complexity index is 1070. The van der Waals surface area contributed by atoms with Crippen molar-refractivity contribution in [2.75, 3.05) is 18.6 Å². The molecule has 0 unspecified atom stereocenters. The number of fused-ring (bicyclic) bond motifs is 1. The summed E-state index contributed by atoms with van der Waals surface area (Å²) < 4.78 is 0. The highest BCUT2D eigenvalue weighted by atomic mass is 32.2. The van der Waals surface area contributed by atoms with Crippen molar-refractivity contribution in [3.63, 3.8) is 0 Å². The van der Waals surface area contributed by atoms with E-state index in [0.717, 1.165) is 41.4 Å². The van der Waals surface area contributed by atoms with Crippen molar-refractivity contribution in [2.24, 2.45) is 16.6 Å². The Morgan fingerprint density at radius 3 is 2.77 bits per heavy atom. The average molecular weight is 418 g/mol. The van der Waals surface area contributed by atoms with Crippen LogP contribution in [0.4, 0.5) is 5.69 Å². The fraction of sp³-hybridized carbons (Fsp3) is 0.208. The minimum atomic E-state index is 0.565. The molecule has 1 aliphatic carbocycles. The van der Waals surface area contributed by atoms with Crippen molar-refractivity contribution in [1.82, 2.24) is 4.90 Å². The third kappa shape index (κ3) is 4.30. The summed E-state index contributed by atoms with van der Waals surface area (Å²) in [6.45, 7) is 2.85. The molecule has 4 rings (SSSR count). The summed E-state index contributed by atoms with van der Waals surface area (Å²) in [7, 11) is 2.06. The van der Waals surface area contributed by atoms with E-state index >= 15 is 0 Å². The highest BCUT2D eigenvalue weighted by Gasteiger charge is 2.26. The normalized spacial score (nSPS) is 17.2. The van der Waals surface area contributed by atoms with Crippen LogP contribution in [0.15, 0.2) is 93.1 Å². The lowest BCUT2D eigenvalue weighted by atomic mass is 10.1. The van der Waals surface area contributed by atoms with Crippen LogP contribution in [0.25, 0.3) is 0 Å². The molecule has 0 amide bonds. The maximum atomic E-state index is 6.50. The molecular weight excluding hydrogens is 390 g/mol. The standard InChI is InChI=1S/C24H27N5S/c1-17-9-8-12-19(15-17)30-22(25)24-27-23(20-13-6-7-14-21(20)29(24)26)28(2)16-18-10-4-3-5-11-18/h4,6-15H,3,5,16,25-26H2,1-2H3/b24-22+. The summed E-state index contributed by atoms with van der Waals surface area (Å²) in [5, 5.41) is 2.16. The van der Waals surface area contributed by atoms with Crippen molar-refractivity contribution in [2.45, 2.75) is 24.7 Å². The zero-order valence-corrected chi connectivity index (χ0v) is 18.2. The first kappa shape index (κ1) is 20.3. The van der Waals surface area contributed by atoms with Crippen molar-refractivity contribution in [1.29, 1.82) is 0 Å². The molecule has 2 aromatic rings. The Labute approximate surface area is 182 Å². The zero-order valence-electron chi connectivity index (χ0n) is 17.4. The van der Waals surface area contributed by atoms with Crippen LogP contribution >= 0.6 is 11.8 Å². The lowest BCUT2D eigenvalue weighted by Gasteiger charge is -2.32. The molecule has 4 N–H and O–H groups in total. The Hall–Kier alpha value is -2.96. The molecule has 1 heterocycles. The van der Waals surface area contributed by atoms with Gasteiger partial charge in [0, 0.05) is 24.1 Å². The Balaban J connectivity index is 1.71. The Morgan fingerprint density at radius 1 is 1.17 bits per heavy atom. The zero-order chi connectivity index (χ0) is 21.1. The molecule has 0 atom stereocenters. The van der Waals surface area contributed by atoms with Gasteiger partial charge in [-0.15, -0.1) is 0 Å². The van der Waals surface area contributed by atoms with E-state index in [0.29, 0.717) is 10.9 Å². The highest BCUT2D eigenvalue weighted by Crippen LogP contribution is 2.34. The molecule has 0 saturated carbocycles. The predicted molar refractivity (Wildman–Crippen MR) is 127 cm³/mol. The van der Waals surface area contributed by atoms with E-state index in [1.165, 1.54) is 22.9 Å². The first-order valence-electron chi connectivity index (χ1n) is 10.1. The molecule has 0 aromatic heterocycles. The number of nitrogens with zero attached hydrogens (tertiary/aromatic N) is 3. The van der Waals surface area contributed by atoms with E-state index in [1.807, 2.05) is 30.3 Å². The SMILES string of the molecule is Cc1cccc(S/C(N)=C2\N=C(N(C)CC3=CCCC=C3)c3ccccc3N2N)c1. The van der Waals surface area contributed by atoms with E-state index in [4.69, 9.17) is 16.6 Å². The van der Waals surface area contributed by atoms with Crippen LogP contribution in [-0.4, -0.2) is 24.3 Å². The molecule has 0 saturated heterocycles. The number of para-hydroxylation sites is 1. The lowest BCUT2D eigenvalue weighted by Crippen LogP contribution is -2.40. The van der Waals surface area contributed by atoms with Gasteiger partial charge in [-0.2, -0.15) is 0 Å². The number of thioether (sulfide) groups is 1. The fourth-order valence-electron chi connectivity index (χ4n) is 3.65. The number of likely N-dealkylation sites (N-methyl/N-ethyl adjacent to an activating group) is 1. The fourth-order valence-corrected chi connectivity index (χ4v) is 4.53. The van der Waals surface area contributed by atoms with Gasteiger partial charge in [0.2, 0.25) is 0 Å². The molecule has 6 heteroatoms. The van der Waals surface area contributed by atoms with Crippen LogP contribution in [0.2, 0.25) is 0 Å². The van der Waals surface area contributed by atoms with E-state index < -0.39 is 0 Å². The minimum Gasteiger partial charge on any atom is -0.390 e. The third-order valence-electron chi connectivity index (χ3n) is 5.14. The average Bonchev–Trinajstić information content (AvgIpc) is 2.75. The van der Waals surface area contributed by atoms with Gasteiger partial charge in [-0.1, -0.05) is 59.8 Å². The smallest absolute Gasteiger partial charge is 0.180 e. The molecule has 30 heavy (non-hydrogen) atoms. The first-order chi connectivity index (χ1) is 14.5. The van der Waals surface area contributed by atoms with E-state index in [2.05, 4.69) is 55.3 Å². The number of hydrogen-bond acceptors (Lipinski definition) is 6. The molecule has 2 aliphatic rings. The van der Waals surface area contributed by atoms with Gasteiger partial charge in [0.15, 0.2) is 5.82 Å². The van der Waals surface area contributed by atoms with Gasteiger partial charge in [-0.05, 0) is 49.6 Å². The van der Waals surface area contributed by atoms with Crippen molar-refractivity contribution >= 4 is 23.3 Å². The summed E-state index contributed by atoms with van der Waals surface area (Å²) in [6.07, 6.45) is 8.91. The van der Waals surface area contributed by atoms with Crippen LogP contribution in [0.1, 0.15) is 24.0 Å². The maximum absolute atomic E-state index is 6.50. The molecule has 0 bridgehead atoms. The van der Waals surface area contributed by atoms with Crippen molar-refractivity contribution < 1.29 is 0 Å². The van der Waals surface area contributed by atoms with Crippen LogP contribution in [0.5, 0.6) is 0 Å². The van der Waals surface area contributed by atoms with Crippen LogP contribution in [-0.2, 0) is 0 Å². The summed E-state index contributed by atoms with van der Waals surface area (Å²) in [4.78, 5) is 8.14. The number of benzene rings is 2. The summed E-state index contributed by atoms with van der Waals surface area (Å²) >= 11 is 1.48. The van der Waals surface area contributed by atoms with Gasteiger partial charge in [-0.3, -0.25) is 5.01 Å². The van der Waals surface area contributed by atoms with E-state index in [1.54, 1.807) is 5.01 Å². The third-order valence-corrected chi connectivity index (χ3v) is 6.03. The van der Waals surface area contributed by atoms with Gasteiger partial charge in [0.05, 0.1) is 5.69 Å². The molecule has 0 radical (unpaired) electrons. The molecule has 2 aromatic carbocycles. The van der Waals surface area contributed by atoms with Crippen LogP contribution in [0.3, 0.4) is 0 Å². The monoisotopic (exact) mass is 417 g/mol. The quantitative estimate of drug-likeness (QED) is 0.565. The molecule has 154 valence electrons. The number of amidine groups is 1. The van der Waals surface area contributed by atoms with Gasteiger partial charge < -0.3 is 10.6 Å². The summed E-state index contributed by atoms with van der Waals surface area (Å²) in [6, 6.07) is 16.3. The molecule has 0 spiro atoms. The van der Waals surface area contributed by atoms with Crippen molar-refractivity contribution in [3.8, 4) is 0 Å². The van der Waals surface area contributed by atoms with Gasteiger partial charge in [0.25, 0.3) is 0 Å². The molecule has 5 nitrogen and oxygen atoms in total. The van der Waals surface area contributed by atoms with Gasteiger partial charge >= 0.3 is 0 Å². The second kappa shape index (κ2) is 8.81. The Morgan fingerprint density at radius 2 is 2.00 bits per heavy atom. The lowest BCUT2D eigenvalue weighted by molar-refractivity contribution is 0.549. The maximum Gasteiger partial charge on any atom is 0.180 e. The Kier molecular flexibility index (Phi) is 5.97. The summed E-state index contributed by atoms with van der Waals surface area (Å²) in [5.74, 6) is 7.89. The second-order valence-corrected chi connectivity index (χ2v) is 8.66. The predicted octanol–water partition coefficient (Wildman–Crippen LogP) is 4.52. The largest absolute Gasteiger partial charge is 0.390 e. The molecule has 1 aliphatic heterocycles. The number of nitrogens with two attached hydrogens (primary N) is 2. The number of rotatable bonds is 4. The number of allylic oxidation sites excluding steroid dienone is 2. The number of aliphatic imine (C=N–C) groups is 1. The minimum absolute atomic E-state index is 0.565. The number of anilines is 1. The number of aryl methyl sites for hydroxylation is 1. The first-order valence-corrected chi connectivity index (χ1v) is 10.9. The number of hydrogen-bond donors (Lipinski definition) is 2. The van der Waals surface area contributed by atoms with Crippen molar-refractivity contribution in [3.05, 3.63) is 94.3 Å². The second-order valence-electron chi connectivity index (χ2n) is 7.54. The number of hydrazine groups is 1. The summed E-state index contributed by atoms with van der Waals surface area (Å²) in [5.41, 5.74) is 10.9. The van der Waals surface area contributed by atoms with Crippen LogP contribution in [0, 0.1) is 6.92 Å². The van der Waals surface area contributed by atoms with Gasteiger partial charge in [0.1, 0.15) is 10.9 Å². The van der Waals surface area contributed by atoms with E-state index in [9.17, 15) is 0 Å². The highest BCUT2D eigenvalue weighted by molar-refractivity contribution is 8.03. The molecular formula is C24H27N5S. The molecule has 0 fully saturated rings. The van der Waals surface area contributed by atoms with Crippen LogP contribution < -0.4 is 16.6 Å². The van der Waals surface area contributed by atoms with Gasteiger partial charge in [-0.25, -0.2) is 10.8 Å².